The van der Waals surface area contributed by atoms with Crippen molar-refractivity contribution in [3.63, 3.8) is 0 Å². The van der Waals surface area contributed by atoms with Crippen LogP contribution < -0.4 is 10.6 Å². The van der Waals surface area contributed by atoms with Crippen molar-refractivity contribution in [1.82, 2.24) is 15.1 Å². The van der Waals surface area contributed by atoms with Crippen molar-refractivity contribution in [2.45, 2.75) is 39.2 Å². The van der Waals surface area contributed by atoms with E-state index in [-0.39, 0.29) is 18.4 Å². The Bertz CT molecular complexity index is 535. The standard InChI is InChI=1S/C15H24N4O3/c1-4-22-14(21)15(2,3)19-10-12(8-17-19)18-13(20)9-16-7-11-5-6-11/h8,10-11,16H,4-7,9H2,1-3H3,(H,18,20). The SMILES string of the molecule is CCOC(=O)C(C)(C)n1cc(NC(=O)CNCC2CC2)cn1. The molecule has 2 N–H and O–H groups in total. The average molecular weight is 308 g/mol. The molecule has 0 aliphatic heterocycles. The second-order valence-corrected chi connectivity index (χ2v) is 6.08. The number of hydrogen-bond donors (Lipinski definition) is 2. The first-order chi connectivity index (χ1) is 10.4. The first-order valence-electron chi connectivity index (χ1n) is 7.66. The van der Waals surface area contributed by atoms with Gasteiger partial charge in [-0.3, -0.25) is 9.48 Å². The third kappa shape index (κ3) is 4.30. The van der Waals surface area contributed by atoms with Crippen LogP contribution in [0.3, 0.4) is 0 Å². The van der Waals surface area contributed by atoms with Crippen LogP contribution in [0.15, 0.2) is 12.4 Å². The molecule has 0 aromatic carbocycles. The van der Waals surface area contributed by atoms with Crippen LogP contribution in [0.5, 0.6) is 0 Å². The smallest absolute Gasteiger partial charge is 0.333 e. The Morgan fingerprint density at radius 3 is 2.82 bits per heavy atom. The van der Waals surface area contributed by atoms with Crippen LogP contribution >= 0.6 is 0 Å². The molecule has 1 saturated carbocycles. The molecule has 0 bridgehead atoms. The van der Waals surface area contributed by atoms with E-state index < -0.39 is 5.54 Å². The number of ether oxygens (including phenoxy) is 1. The molecule has 1 aromatic rings. The third-order valence-corrected chi connectivity index (χ3v) is 3.63. The Morgan fingerprint density at radius 2 is 2.18 bits per heavy atom. The Balaban J connectivity index is 1.86. The fourth-order valence-corrected chi connectivity index (χ4v) is 2.01. The lowest BCUT2D eigenvalue weighted by atomic mass is 10.1. The Hall–Kier alpha value is -1.89. The average Bonchev–Trinajstić information content (AvgIpc) is 3.15. The summed E-state index contributed by atoms with van der Waals surface area (Å²) in [4.78, 5) is 23.7. The molecule has 122 valence electrons. The summed E-state index contributed by atoms with van der Waals surface area (Å²) in [6.07, 6.45) is 5.67. The summed E-state index contributed by atoms with van der Waals surface area (Å²) in [5.41, 5.74) is -0.348. The van der Waals surface area contributed by atoms with Crippen LogP contribution in [0.25, 0.3) is 0 Å². The van der Waals surface area contributed by atoms with Gasteiger partial charge in [-0.15, -0.1) is 0 Å². The Morgan fingerprint density at radius 1 is 1.45 bits per heavy atom. The van der Waals surface area contributed by atoms with E-state index in [1.807, 2.05) is 0 Å². The predicted molar refractivity (Wildman–Crippen MR) is 82.4 cm³/mol. The molecule has 7 nitrogen and oxygen atoms in total. The van der Waals surface area contributed by atoms with Crippen LogP contribution in [-0.2, 0) is 19.9 Å². The van der Waals surface area contributed by atoms with E-state index in [0.29, 0.717) is 12.3 Å². The minimum absolute atomic E-state index is 0.117. The maximum atomic E-state index is 11.9. The van der Waals surface area contributed by atoms with Gasteiger partial charge in [0.05, 0.1) is 25.0 Å². The number of esters is 1. The maximum Gasteiger partial charge on any atom is 0.333 e. The van der Waals surface area contributed by atoms with Gasteiger partial charge in [0.1, 0.15) is 0 Å². The van der Waals surface area contributed by atoms with Crippen LogP contribution in [0, 0.1) is 5.92 Å². The molecule has 1 aliphatic rings. The molecule has 0 radical (unpaired) electrons. The van der Waals surface area contributed by atoms with Crippen molar-refractivity contribution in [1.29, 1.82) is 0 Å². The summed E-state index contributed by atoms with van der Waals surface area (Å²) in [6.45, 7) is 6.70. The van der Waals surface area contributed by atoms with Gasteiger partial charge in [0.25, 0.3) is 0 Å². The Kier molecular flexibility index (Phi) is 5.18. The summed E-state index contributed by atoms with van der Waals surface area (Å²) in [5, 5.41) is 10.0. The third-order valence-electron chi connectivity index (χ3n) is 3.63. The van der Waals surface area contributed by atoms with E-state index in [4.69, 9.17) is 4.74 Å². The molecule has 22 heavy (non-hydrogen) atoms. The van der Waals surface area contributed by atoms with Crippen molar-refractivity contribution < 1.29 is 14.3 Å². The quantitative estimate of drug-likeness (QED) is 0.703. The molecule has 0 unspecified atom stereocenters. The first kappa shape index (κ1) is 16.5. The second-order valence-electron chi connectivity index (χ2n) is 6.08. The number of carbonyl (C=O) groups is 2. The number of rotatable bonds is 8. The molecule has 0 spiro atoms. The van der Waals surface area contributed by atoms with Crippen LogP contribution in [-0.4, -0.2) is 41.4 Å². The normalized spacial score (nSPS) is 14.7. The summed E-state index contributed by atoms with van der Waals surface area (Å²) >= 11 is 0. The molecule has 1 fully saturated rings. The summed E-state index contributed by atoms with van der Waals surface area (Å²) in [5.74, 6) is 0.261. The van der Waals surface area contributed by atoms with Gasteiger partial charge in [0.15, 0.2) is 5.54 Å². The van der Waals surface area contributed by atoms with Gasteiger partial charge >= 0.3 is 5.97 Å². The van der Waals surface area contributed by atoms with Crippen molar-refractivity contribution in [3.8, 4) is 0 Å². The minimum atomic E-state index is -0.913. The zero-order valence-corrected chi connectivity index (χ0v) is 13.4. The second kappa shape index (κ2) is 6.91. The van der Waals surface area contributed by atoms with Crippen LogP contribution in [0.1, 0.15) is 33.6 Å². The summed E-state index contributed by atoms with van der Waals surface area (Å²) in [7, 11) is 0. The van der Waals surface area contributed by atoms with Gasteiger partial charge in [0, 0.05) is 6.20 Å². The van der Waals surface area contributed by atoms with Crippen molar-refractivity contribution >= 4 is 17.6 Å². The molecule has 7 heteroatoms. The molecule has 1 aliphatic carbocycles. The number of hydrogen-bond acceptors (Lipinski definition) is 5. The largest absolute Gasteiger partial charge is 0.464 e. The van der Waals surface area contributed by atoms with Crippen LogP contribution in [0.4, 0.5) is 5.69 Å². The van der Waals surface area contributed by atoms with E-state index in [9.17, 15) is 9.59 Å². The van der Waals surface area contributed by atoms with Crippen LogP contribution in [0.2, 0.25) is 0 Å². The van der Waals surface area contributed by atoms with Gasteiger partial charge < -0.3 is 15.4 Å². The highest BCUT2D eigenvalue weighted by Crippen LogP contribution is 2.27. The molecule has 2 rings (SSSR count). The molecule has 0 saturated heterocycles. The first-order valence-corrected chi connectivity index (χ1v) is 7.66. The van der Waals surface area contributed by atoms with Crippen molar-refractivity contribution in [2.75, 3.05) is 25.0 Å². The fraction of sp³-hybridized carbons (Fsp3) is 0.667. The minimum Gasteiger partial charge on any atom is -0.464 e. The number of amides is 1. The van der Waals surface area contributed by atoms with E-state index in [2.05, 4.69) is 15.7 Å². The van der Waals surface area contributed by atoms with Gasteiger partial charge in [-0.2, -0.15) is 5.10 Å². The van der Waals surface area contributed by atoms with Gasteiger partial charge in [-0.1, -0.05) is 0 Å². The molecular weight excluding hydrogens is 284 g/mol. The highest BCUT2D eigenvalue weighted by Gasteiger charge is 2.32. The highest BCUT2D eigenvalue weighted by atomic mass is 16.5. The molecular formula is C15H24N4O3. The topological polar surface area (TPSA) is 85.2 Å². The van der Waals surface area contributed by atoms with E-state index in [0.717, 1.165) is 12.5 Å². The van der Waals surface area contributed by atoms with Gasteiger partial charge in [0.2, 0.25) is 5.91 Å². The number of nitrogens with zero attached hydrogens (tertiary/aromatic N) is 2. The van der Waals surface area contributed by atoms with Crippen molar-refractivity contribution in [3.05, 3.63) is 12.4 Å². The van der Waals surface area contributed by atoms with Gasteiger partial charge in [-0.05, 0) is 46.1 Å². The molecule has 1 amide bonds. The summed E-state index contributed by atoms with van der Waals surface area (Å²) < 4.78 is 6.53. The lowest BCUT2D eigenvalue weighted by Crippen LogP contribution is -2.37. The number of carbonyl (C=O) groups excluding carboxylic acids is 2. The van der Waals surface area contributed by atoms with Gasteiger partial charge in [-0.25, -0.2) is 4.79 Å². The number of anilines is 1. The zero-order chi connectivity index (χ0) is 16.2. The van der Waals surface area contributed by atoms with E-state index in [1.165, 1.54) is 23.7 Å². The fourth-order valence-electron chi connectivity index (χ4n) is 2.01. The van der Waals surface area contributed by atoms with E-state index in [1.54, 1.807) is 27.0 Å². The molecule has 1 heterocycles. The Labute approximate surface area is 130 Å². The van der Waals surface area contributed by atoms with Crippen molar-refractivity contribution in [2.24, 2.45) is 5.92 Å². The zero-order valence-electron chi connectivity index (χ0n) is 13.4. The lowest BCUT2D eigenvalue weighted by molar-refractivity contribution is -0.152. The monoisotopic (exact) mass is 308 g/mol. The lowest BCUT2D eigenvalue weighted by Gasteiger charge is -2.22. The molecule has 0 atom stereocenters. The maximum absolute atomic E-state index is 11.9. The predicted octanol–water partition coefficient (Wildman–Crippen LogP) is 1.12. The number of aromatic nitrogens is 2. The number of nitrogens with one attached hydrogen (secondary N) is 2. The highest BCUT2D eigenvalue weighted by molar-refractivity contribution is 5.92. The molecule has 1 aromatic heterocycles. The summed E-state index contributed by atoms with van der Waals surface area (Å²) in [6, 6.07) is 0. The van der Waals surface area contributed by atoms with E-state index >= 15 is 0 Å².